The monoisotopic (exact) mass is 456 g/mol. The molecule has 0 fully saturated rings. The third-order valence-corrected chi connectivity index (χ3v) is 6.05. The van der Waals surface area contributed by atoms with Gasteiger partial charge < -0.3 is 5.32 Å². The molecule has 1 amide bonds. The molecule has 2 aromatic heterocycles. The molecule has 0 radical (unpaired) electrons. The number of rotatable bonds is 5. The fraction of sp³-hybridized carbons (Fsp3) is 0.0400. The number of fused-ring (bicyclic) bond motifs is 1. The molecule has 0 saturated heterocycles. The number of amides is 1. The third kappa shape index (κ3) is 4.04. The molecule has 8 heteroatoms. The maximum absolute atomic E-state index is 14.1. The molecule has 6 nitrogen and oxygen atoms in total. The van der Waals surface area contributed by atoms with Crippen molar-refractivity contribution in [2.45, 2.75) is 6.92 Å². The van der Waals surface area contributed by atoms with Gasteiger partial charge in [-0.3, -0.25) is 9.59 Å². The molecule has 2 heterocycles. The first-order chi connectivity index (χ1) is 16.0. The second-order valence-corrected chi connectivity index (χ2v) is 8.40. The lowest BCUT2D eigenvalue weighted by molar-refractivity contribution is 0.101. The Kier molecular flexibility index (Phi) is 5.27. The number of anilines is 1. The van der Waals surface area contributed by atoms with E-state index in [2.05, 4.69) is 15.4 Å². The van der Waals surface area contributed by atoms with Crippen LogP contribution in [0.15, 0.2) is 78.9 Å². The molecule has 5 rings (SSSR count). The summed E-state index contributed by atoms with van der Waals surface area (Å²) < 4.78 is 16.3. The maximum Gasteiger partial charge on any atom is 0.256 e. The summed E-state index contributed by atoms with van der Waals surface area (Å²) in [6, 6.07) is 21.9. The van der Waals surface area contributed by atoms with Gasteiger partial charge in [0, 0.05) is 22.8 Å². The Morgan fingerprint density at radius 1 is 0.909 bits per heavy atom. The van der Waals surface area contributed by atoms with Crippen LogP contribution in [0.2, 0.25) is 0 Å². The van der Waals surface area contributed by atoms with Gasteiger partial charge in [-0.05, 0) is 31.2 Å². The summed E-state index contributed by atoms with van der Waals surface area (Å²) in [5.74, 6) is -0.461. The number of halogens is 1. The zero-order valence-electron chi connectivity index (χ0n) is 17.4. The summed E-state index contributed by atoms with van der Waals surface area (Å²) in [5.41, 5.74) is 2.41. The number of carbonyl (C=O) groups is 2. The first-order valence-corrected chi connectivity index (χ1v) is 10.9. The van der Waals surface area contributed by atoms with Gasteiger partial charge in [0.1, 0.15) is 17.2 Å². The number of carbonyl (C=O) groups excluding carboxylic acids is 2. The average Bonchev–Trinajstić information content (AvgIpc) is 3.43. The van der Waals surface area contributed by atoms with Crippen LogP contribution >= 0.6 is 11.3 Å². The normalized spacial score (nSPS) is 11.0. The van der Waals surface area contributed by atoms with Crippen LogP contribution in [0.4, 0.5) is 10.2 Å². The minimum Gasteiger partial charge on any atom is -0.306 e. The van der Waals surface area contributed by atoms with Crippen molar-refractivity contribution in [2.24, 2.45) is 0 Å². The number of nitrogens with zero attached hydrogens (tertiary/aromatic N) is 3. The molecule has 0 aliphatic rings. The van der Waals surface area contributed by atoms with E-state index >= 15 is 0 Å². The zero-order chi connectivity index (χ0) is 22.9. The maximum atomic E-state index is 14.1. The molecule has 0 bridgehead atoms. The SMILES string of the molecule is Cc1cc(NC(=O)c2ccc(C(=O)c3ccccc3)cc2)n(-c2nc3c(F)cccc3s2)n1. The molecule has 0 atom stereocenters. The minimum absolute atomic E-state index is 0.112. The Hall–Kier alpha value is -4.17. The van der Waals surface area contributed by atoms with E-state index < -0.39 is 5.82 Å². The highest BCUT2D eigenvalue weighted by Crippen LogP contribution is 2.28. The summed E-state index contributed by atoms with van der Waals surface area (Å²) in [5, 5.41) is 7.69. The third-order valence-electron chi connectivity index (χ3n) is 5.06. The predicted octanol–water partition coefficient (Wildman–Crippen LogP) is 5.41. The average molecular weight is 457 g/mol. The van der Waals surface area contributed by atoms with Gasteiger partial charge in [-0.1, -0.05) is 59.9 Å². The van der Waals surface area contributed by atoms with Gasteiger partial charge in [-0.15, -0.1) is 0 Å². The summed E-state index contributed by atoms with van der Waals surface area (Å²) in [4.78, 5) is 29.8. The quantitative estimate of drug-likeness (QED) is 0.359. The number of para-hydroxylation sites is 1. The van der Waals surface area contributed by atoms with E-state index in [0.29, 0.717) is 38.0 Å². The van der Waals surface area contributed by atoms with Crippen molar-refractivity contribution in [1.29, 1.82) is 0 Å². The Morgan fingerprint density at radius 3 is 2.33 bits per heavy atom. The molecule has 3 aromatic carbocycles. The van der Waals surface area contributed by atoms with Gasteiger partial charge in [-0.2, -0.15) is 9.78 Å². The molecular weight excluding hydrogens is 439 g/mol. The Labute approximate surface area is 192 Å². The predicted molar refractivity (Wildman–Crippen MR) is 126 cm³/mol. The lowest BCUT2D eigenvalue weighted by Crippen LogP contribution is -2.15. The van der Waals surface area contributed by atoms with Crippen LogP contribution in [0.1, 0.15) is 32.0 Å². The molecule has 162 valence electrons. The molecule has 33 heavy (non-hydrogen) atoms. The van der Waals surface area contributed by atoms with Crippen LogP contribution < -0.4 is 5.32 Å². The zero-order valence-corrected chi connectivity index (χ0v) is 18.3. The summed E-state index contributed by atoms with van der Waals surface area (Å²) >= 11 is 1.28. The van der Waals surface area contributed by atoms with E-state index in [9.17, 15) is 14.0 Å². The van der Waals surface area contributed by atoms with Crippen LogP contribution in [0.3, 0.4) is 0 Å². The van der Waals surface area contributed by atoms with Crippen molar-refractivity contribution in [2.75, 3.05) is 5.32 Å². The van der Waals surface area contributed by atoms with E-state index in [1.54, 1.807) is 73.7 Å². The standard InChI is InChI=1S/C25H17FN4O2S/c1-15-14-21(30(29-15)25-28-22-19(26)8-5-9-20(22)33-25)27-24(32)18-12-10-17(11-13-18)23(31)16-6-3-2-4-7-16/h2-14H,1H3,(H,27,32). The van der Waals surface area contributed by atoms with E-state index in [1.165, 1.54) is 22.1 Å². The highest BCUT2D eigenvalue weighted by atomic mass is 32.1. The van der Waals surface area contributed by atoms with Gasteiger partial charge in [0.2, 0.25) is 5.13 Å². The first-order valence-electron chi connectivity index (χ1n) is 10.1. The topological polar surface area (TPSA) is 76.9 Å². The summed E-state index contributed by atoms with van der Waals surface area (Å²) in [6.45, 7) is 1.80. The van der Waals surface area contributed by atoms with Crippen molar-refractivity contribution in [3.05, 3.63) is 107 Å². The van der Waals surface area contributed by atoms with E-state index in [0.717, 1.165) is 0 Å². The number of hydrogen-bond donors (Lipinski definition) is 1. The van der Waals surface area contributed by atoms with E-state index in [1.807, 2.05) is 6.07 Å². The largest absolute Gasteiger partial charge is 0.306 e. The highest BCUT2D eigenvalue weighted by Gasteiger charge is 2.17. The van der Waals surface area contributed by atoms with Crippen LogP contribution in [0, 0.1) is 12.7 Å². The van der Waals surface area contributed by atoms with Crippen LogP contribution in [0.5, 0.6) is 0 Å². The number of thiazole rings is 1. The molecule has 0 unspecified atom stereocenters. The van der Waals surface area contributed by atoms with E-state index in [4.69, 9.17) is 0 Å². The second kappa shape index (κ2) is 8.40. The molecule has 1 N–H and O–H groups in total. The first kappa shape index (κ1) is 20.7. The smallest absolute Gasteiger partial charge is 0.256 e. The molecular formula is C25H17FN4O2S. The van der Waals surface area contributed by atoms with Crippen molar-refractivity contribution in [3.8, 4) is 5.13 Å². The lowest BCUT2D eigenvalue weighted by Gasteiger charge is -2.07. The summed E-state index contributed by atoms with van der Waals surface area (Å²) in [6.07, 6.45) is 0. The van der Waals surface area contributed by atoms with Gasteiger partial charge in [-0.25, -0.2) is 9.37 Å². The Bertz CT molecular complexity index is 1490. The number of hydrogen-bond acceptors (Lipinski definition) is 5. The van der Waals surface area contributed by atoms with Gasteiger partial charge in [0.05, 0.1) is 10.4 Å². The second-order valence-electron chi connectivity index (χ2n) is 7.39. The Balaban J connectivity index is 1.39. The minimum atomic E-state index is -0.408. The van der Waals surface area contributed by atoms with Gasteiger partial charge >= 0.3 is 0 Å². The van der Waals surface area contributed by atoms with Crippen molar-refractivity contribution >= 4 is 39.1 Å². The molecule has 0 aliphatic carbocycles. The van der Waals surface area contributed by atoms with E-state index in [-0.39, 0.29) is 17.2 Å². The fourth-order valence-corrected chi connectivity index (χ4v) is 4.39. The van der Waals surface area contributed by atoms with Crippen LogP contribution in [-0.2, 0) is 0 Å². The fourth-order valence-electron chi connectivity index (χ4n) is 3.45. The number of nitrogens with one attached hydrogen (secondary N) is 1. The summed E-state index contributed by atoms with van der Waals surface area (Å²) in [7, 11) is 0. The number of aryl methyl sites for hydroxylation is 1. The van der Waals surface area contributed by atoms with Crippen molar-refractivity contribution < 1.29 is 14.0 Å². The lowest BCUT2D eigenvalue weighted by atomic mass is 10.0. The highest BCUT2D eigenvalue weighted by molar-refractivity contribution is 7.20. The van der Waals surface area contributed by atoms with Crippen LogP contribution in [0.25, 0.3) is 15.3 Å². The molecule has 5 aromatic rings. The van der Waals surface area contributed by atoms with Crippen molar-refractivity contribution in [3.63, 3.8) is 0 Å². The molecule has 0 spiro atoms. The Morgan fingerprint density at radius 2 is 1.61 bits per heavy atom. The number of benzene rings is 3. The molecule has 0 aliphatic heterocycles. The van der Waals surface area contributed by atoms with Gasteiger partial charge in [0.15, 0.2) is 5.78 Å². The number of aromatic nitrogens is 3. The number of ketones is 1. The van der Waals surface area contributed by atoms with Gasteiger partial charge in [0.25, 0.3) is 5.91 Å². The molecule has 0 saturated carbocycles. The van der Waals surface area contributed by atoms with Crippen molar-refractivity contribution in [1.82, 2.24) is 14.8 Å². The van der Waals surface area contributed by atoms with Crippen LogP contribution in [-0.4, -0.2) is 26.5 Å².